The van der Waals surface area contributed by atoms with E-state index in [2.05, 4.69) is 10.6 Å². The van der Waals surface area contributed by atoms with E-state index in [4.69, 9.17) is 5.26 Å². The standard InChI is InChI=1S/C21H20FN3O2/c1-13-18(11-16(12-19(13)22)21(27)25-17-7-8-17)14-3-5-15(6-4-14)20(26)24-10-2-9-23/h3-6,11-12,17H,2,7-8,10H2,1H3,(H,24,26)(H,25,27). The lowest BCUT2D eigenvalue weighted by Crippen LogP contribution is -2.25. The Morgan fingerprint density at radius 1 is 1.15 bits per heavy atom. The lowest BCUT2D eigenvalue weighted by atomic mass is 9.96. The van der Waals surface area contributed by atoms with Crippen LogP contribution in [0.4, 0.5) is 4.39 Å². The minimum atomic E-state index is -0.438. The Hall–Kier alpha value is -3.20. The van der Waals surface area contributed by atoms with Crippen LogP contribution in [-0.2, 0) is 0 Å². The largest absolute Gasteiger partial charge is 0.351 e. The molecule has 1 aliphatic rings. The molecular weight excluding hydrogens is 345 g/mol. The number of nitrogens with zero attached hydrogens (tertiary/aromatic N) is 1. The summed E-state index contributed by atoms with van der Waals surface area (Å²) in [6, 6.07) is 11.8. The van der Waals surface area contributed by atoms with E-state index in [0.717, 1.165) is 18.4 Å². The maximum atomic E-state index is 14.3. The van der Waals surface area contributed by atoms with Gasteiger partial charge in [-0.15, -0.1) is 0 Å². The molecule has 3 rings (SSSR count). The van der Waals surface area contributed by atoms with E-state index in [0.29, 0.717) is 28.8 Å². The van der Waals surface area contributed by atoms with Crippen molar-refractivity contribution in [3.63, 3.8) is 0 Å². The van der Waals surface area contributed by atoms with E-state index >= 15 is 0 Å². The first-order chi connectivity index (χ1) is 13.0. The number of halogens is 1. The highest BCUT2D eigenvalue weighted by Crippen LogP contribution is 2.28. The zero-order valence-electron chi connectivity index (χ0n) is 15.0. The molecule has 2 amide bonds. The maximum absolute atomic E-state index is 14.3. The Labute approximate surface area is 157 Å². The van der Waals surface area contributed by atoms with E-state index < -0.39 is 5.82 Å². The second-order valence-electron chi connectivity index (χ2n) is 6.62. The van der Waals surface area contributed by atoms with Gasteiger partial charge in [0.2, 0.25) is 0 Å². The number of benzene rings is 2. The molecule has 0 heterocycles. The molecule has 0 bridgehead atoms. The van der Waals surface area contributed by atoms with Gasteiger partial charge >= 0.3 is 0 Å². The van der Waals surface area contributed by atoms with Crippen molar-refractivity contribution < 1.29 is 14.0 Å². The number of carbonyl (C=O) groups excluding carboxylic acids is 2. The van der Waals surface area contributed by atoms with Crippen LogP contribution in [0.5, 0.6) is 0 Å². The topological polar surface area (TPSA) is 82.0 Å². The molecule has 2 N–H and O–H groups in total. The molecule has 138 valence electrons. The van der Waals surface area contributed by atoms with Crippen molar-refractivity contribution in [1.82, 2.24) is 10.6 Å². The molecular formula is C21H20FN3O2. The van der Waals surface area contributed by atoms with Crippen LogP contribution >= 0.6 is 0 Å². The van der Waals surface area contributed by atoms with Gasteiger partial charge in [-0.2, -0.15) is 5.26 Å². The van der Waals surface area contributed by atoms with Gasteiger partial charge in [0, 0.05) is 23.7 Å². The highest BCUT2D eigenvalue weighted by molar-refractivity contribution is 5.97. The summed E-state index contributed by atoms with van der Waals surface area (Å²) < 4.78 is 14.3. The van der Waals surface area contributed by atoms with Gasteiger partial charge in [-0.3, -0.25) is 9.59 Å². The zero-order valence-corrected chi connectivity index (χ0v) is 15.0. The van der Waals surface area contributed by atoms with Crippen molar-refractivity contribution in [3.05, 3.63) is 58.9 Å². The van der Waals surface area contributed by atoms with Crippen molar-refractivity contribution in [3.8, 4) is 17.2 Å². The van der Waals surface area contributed by atoms with Crippen LogP contribution in [0.2, 0.25) is 0 Å². The molecule has 1 aliphatic carbocycles. The van der Waals surface area contributed by atoms with E-state index in [-0.39, 0.29) is 24.3 Å². The summed E-state index contributed by atoms with van der Waals surface area (Å²) in [5.74, 6) is -0.977. The third-order valence-corrected chi connectivity index (χ3v) is 4.50. The normalized spacial score (nSPS) is 12.9. The van der Waals surface area contributed by atoms with Crippen molar-refractivity contribution >= 4 is 11.8 Å². The average Bonchev–Trinajstić information content (AvgIpc) is 3.48. The summed E-state index contributed by atoms with van der Waals surface area (Å²) in [6.07, 6.45) is 2.17. The van der Waals surface area contributed by atoms with Crippen LogP contribution in [0.15, 0.2) is 36.4 Å². The average molecular weight is 365 g/mol. The van der Waals surface area contributed by atoms with Crippen molar-refractivity contribution in [2.75, 3.05) is 6.54 Å². The molecule has 2 aromatic rings. The molecule has 0 radical (unpaired) electrons. The minimum Gasteiger partial charge on any atom is -0.351 e. The highest BCUT2D eigenvalue weighted by atomic mass is 19.1. The third kappa shape index (κ3) is 4.50. The first-order valence-electron chi connectivity index (χ1n) is 8.86. The van der Waals surface area contributed by atoms with Gasteiger partial charge in [-0.05, 0) is 60.7 Å². The Balaban J connectivity index is 1.82. The van der Waals surface area contributed by atoms with Gasteiger partial charge in [-0.1, -0.05) is 12.1 Å². The maximum Gasteiger partial charge on any atom is 0.251 e. The lowest BCUT2D eigenvalue weighted by molar-refractivity contribution is 0.0944. The second-order valence-corrected chi connectivity index (χ2v) is 6.62. The number of rotatable bonds is 6. The van der Waals surface area contributed by atoms with Crippen LogP contribution in [0.25, 0.3) is 11.1 Å². The second kappa shape index (κ2) is 8.00. The Morgan fingerprint density at radius 2 is 1.85 bits per heavy atom. The molecule has 0 aromatic heterocycles. The van der Waals surface area contributed by atoms with Gasteiger partial charge in [0.1, 0.15) is 5.82 Å². The van der Waals surface area contributed by atoms with Crippen molar-refractivity contribution in [1.29, 1.82) is 5.26 Å². The molecule has 27 heavy (non-hydrogen) atoms. The monoisotopic (exact) mass is 365 g/mol. The summed E-state index contributed by atoms with van der Waals surface area (Å²) in [5, 5.41) is 14.0. The quantitative estimate of drug-likeness (QED) is 0.771. The Bertz CT molecular complexity index is 912. The summed E-state index contributed by atoms with van der Waals surface area (Å²) in [5.41, 5.74) is 2.54. The van der Waals surface area contributed by atoms with E-state index in [1.165, 1.54) is 6.07 Å². The first kappa shape index (κ1) is 18.6. The SMILES string of the molecule is Cc1c(F)cc(C(=O)NC2CC2)cc1-c1ccc(C(=O)NCCC#N)cc1. The molecule has 2 aromatic carbocycles. The smallest absolute Gasteiger partial charge is 0.251 e. The van der Waals surface area contributed by atoms with Crippen LogP contribution in [0, 0.1) is 24.1 Å². The van der Waals surface area contributed by atoms with Gasteiger partial charge in [0.25, 0.3) is 11.8 Å². The van der Waals surface area contributed by atoms with Crippen molar-refractivity contribution in [2.24, 2.45) is 0 Å². The number of amides is 2. The fourth-order valence-electron chi connectivity index (χ4n) is 2.74. The summed E-state index contributed by atoms with van der Waals surface area (Å²) in [6.45, 7) is 1.95. The Kier molecular flexibility index (Phi) is 5.51. The van der Waals surface area contributed by atoms with E-state index in [1.54, 1.807) is 37.3 Å². The first-order valence-corrected chi connectivity index (χ1v) is 8.86. The van der Waals surface area contributed by atoms with Crippen LogP contribution < -0.4 is 10.6 Å². The fourth-order valence-corrected chi connectivity index (χ4v) is 2.74. The zero-order chi connectivity index (χ0) is 19.4. The van der Waals surface area contributed by atoms with Crippen LogP contribution in [-0.4, -0.2) is 24.4 Å². The van der Waals surface area contributed by atoms with Crippen LogP contribution in [0.3, 0.4) is 0 Å². The number of hydrogen-bond acceptors (Lipinski definition) is 3. The van der Waals surface area contributed by atoms with Gasteiger partial charge < -0.3 is 10.6 Å². The molecule has 0 atom stereocenters. The summed E-state index contributed by atoms with van der Waals surface area (Å²) in [7, 11) is 0. The van der Waals surface area contributed by atoms with E-state index in [9.17, 15) is 14.0 Å². The molecule has 6 heteroatoms. The number of nitriles is 1. The Morgan fingerprint density at radius 3 is 2.48 bits per heavy atom. The molecule has 1 fully saturated rings. The predicted molar refractivity (Wildman–Crippen MR) is 99.6 cm³/mol. The molecule has 5 nitrogen and oxygen atoms in total. The number of hydrogen-bond donors (Lipinski definition) is 2. The predicted octanol–water partition coefficient (Wildman–Crippen LogP) is 3.34. The van der Waals surface area contributed by atoms with Gasteiger partial charge in [0.05, 0.1) is 12.5 Å². The third-order valence-electron chi connectivity index (χ3n) is 4.50. The van der Waals surface area contributed by atoms with Gasteiger partial charge in [-0.25, -0.2) is 4.39 Å². The van der Waals surface area contributed by atoms with Gasteiger partial charge in [0.15, 0.2) is 0 Å². The van der Waals surface area contributed by atoms with Crippen molar-refractivity contribution in [2.45, 2.75) is 32.2 Å². The van der Waals surface area contributed by atoms with Crippen LogP contribution in [0.1, 0.15) is 45.5 Å². The molecule has 0 spiro atoms. The lowest BCUT2D eigenvalue weighted by Gasteiger charge is -2.12. The number of carbonyl (C=O) groups is 2. The highest BCUT2D eigenvalue weighted by Gasteiger charge is 2.24. The fraction of sp³-hybridized carbons (Fsp3) is 0.286. The number of nitrogens with one attached hydrogen (secondary N) is 2. The molecule has 1 saturated carbocycles. The van der Waals surface area contributed by atoms with E-state index in [1.807, 2.05) is 6.07 Å². The molecule has 0 unspecified atom stereocenters. The summed E-state index contributed by atoms with van der Waals surface area (Å²) in [4.78, 5) is 24.3. The molecule has 0 saturated heterocycles. The minimum absolute atomic E-state index is 0.198. The summed E-state index contributed by atoms with van der Waals surface area (Å²) >= 11 is 0. The molecule has 0 aliphatic heterocycles.